The maximum atomic E-state index is 12.1. The van der Waals surface area contributed by atoms with Crippen molar-refractivity contribution < 1.29 is 9.59 Å². The van der Waals surface area contributed by atoms with Gasteiger partial charge in [-0.2, -0.15) is 0 Å². The number of carbonyl (C=O) groups is 2. The van der Waals surface area contributed by atoms with E-state index in [0.717, 1.165) is 17.3 Å². The van der Waals surface area contributed by atoms with Gasteiger partial charge in [-0.05, 0) is 37.1 Å². The van der Waals surface area contributed by atoms with Gasteiger partial charge in [0.1, 0.15) is 6.04 Å². The van der Waals surface area contributed by atoms with Crippen molar-refractivity contribution in [2.45, 2.75) is 18.9 Å². The Morgan fingerprint density at radius 1 is 1.18 bits per heavy atom. The molecule has 1 atom stereocenters. The number of halogens is 1. The van der Waals surface area contributed by atoms with Gasteiger partial charge in [0, 0.05) is 11.0 Å². The quantitative estimate of drug-likeness (QED) is 0.746. The lowest BCUT2D eigenvalue weighted by Gasteiger charge is -2.15. The van der Waals surface area contributed by atoms with Crippen LogP contribution >= 0.6 is 15.9 Å². The maximum absolute atomic E-state index is 12.1. The van der Waals surface area contributed by atoms with Gasteiger partial charge in [0.25, 0.3) is 5.91 Å². The van der Waals surface area contributed by atoms with E-state index in [2.05, 4.69) is 15.9 Å². The molecule has 0 bridgehead atoms. The Morgan fingerprint density at radius 2 is 1.88 bits per heavy atom. The molecule has 0 spiro atoms. The van der Waals surface area contributed by atoms with E-state index in [1.54, 1.807) is 17.0 Å². The zero-order chi connectivity index (χ0) is 12.0. The van der Waals surface area contributed by atoms with Gasteiger partial charge in [-0.25, -0.2) is 9.69 Å². The fourth-order valence-corrected chi connectivity index (χ4v) is 2.72. The molecule has 2 fully saturated rings. The molecule has 3 amide bonds. The minimum absolute atomic E-state index is 0.0881. The van der Waals surface area contributed by atoms with E-state index < -0.39 is 0 Å². The number of nitrogens with zero attached hydrogens (tertiary/aromatic N) is 2. The summed E-state index contributed by atoms with van der Waals surface area (Å²) in [6.07, 6.45) is 1.72. The second kappa shape index (κ2) is 3.84. The van der Waals surface area contributed by atoms with E-state index in [1.807, 2.05) is 12.1 Å². The number of fused-ring (bicyclic) bond motifs is 1. The number of hydrogen-bond donors (Lipinski definition) is 0. The molecule has 17 heavy (non-hydrogen) atoms. The summed E-state index contributed by atoms with van der Waals surface area (Å²) in [5, 5.41) is 0. The Kier molecular flexibility index (Phi) is 2.43. The van der Waals surface area contributed by atoms with Crippen molar-refractivity contribution in [3.05, 3.63) is 28.7 Å². The van der Waals surface area contributed by atoms with E-state index in [4.69, 9.17) is 0 Å². The van der Waals surface area contributed by atoms with Crippen LogP contribution < -0.4 is 4.90 Å². The molecule has 4 nitrogen and oxygen atoms in total. The van der Waals surface area contributed by atoms with Crippen LogP contribution in [0.1, 0.15) is 12.8 Å². The summed E-state index contributed by atoms with van der Waals surface area (Å²) in [6.45, 7) is 0.697. The van der Waals surface area contributed by atoms with Crippen LogP contribution in [-0.4, -0.2) is 29.4 Å². The molecule has 2 saturated heterocycles. The number of benzene rings is 1. The Hall–Kier alpha value is -1.36. The molecule has 3 rings (SSSR count). The van der Waals surface area contributed by atoms with Crippen LogP contribution in [0.25, 0.3) is 0 Å². The maximum Gasteiger partial charge on any atom is 0.332 e. The third kappa shape index (κ3) is 1.57. The van der Waals surface area contributed by atoms with E-state index in [-0.39, 0.29) is 18.0 Å². The average molecular weight is 295 g/mol. The van der Waals surface area contributed by atoms with Crippen LogP contribution in [0, 0.1) is 0 Å². The van der Waals surface area contributed by atoms with Crippen molar-refractivity contribution in [1.29, 1.82) is 0 Å². The highest BCUT2D eigenvalue weighted by Crippen LogP contribution is 2.31. The highest BCUT2D eigenvalue weighted by atomic mass is 79.9. The van der Waals surface area contributed by atoms with Crippen LogP contribution in [-0.2, 0) is 4.79 Å². The van der Waals surface area contributed by atoms with Crippen molar-refractivity contribution in [2.75, 3.05) is 11.4 Å². The summed E-state index contributed by atoms with van der Waals surface area (Å²) in [6, 6.07) is 6.81. The monoisotopic (exact) mass is 294 g/mol. The summed E-state index contributed by atoms with van der Waals surface area (Å²) >= 11 is 3.33. The number of carbonyl (C=O) groups excluding carboxylic acids is 2. The van der Waals surface area contributed by atoms with Crippen LogP contribution in [0.4, 0.5) is 10.5 Å². The normalized spacial score (nSPS) is 23.5. The first kappa shape index (κ1) is 10.8. The number of imide groups is 1. The Morgan fingerprint density at radius 3 is 2.53 bits per heavy atom. The van der Waals surface area contributed by atoms with Gasteiger partial charge in [0.2, 0.25) is 0 Å². The molecule has 88 valence electrons. The molecule has 2 aliphatic rings. The number of rotatable bonds is 1. The van der Waals surface area contributed by atoms with E-state index in [0.29, 0.717) is 12.2 Å². The van der Waals surface area contributed by atoms with Crippen LogP contribution in [0.3, 0.4) is 0 Å². The number of urea groups is 1. The zero-order valence-electron chi connectivity index (χ0n) is 9.10. The van der Waals surface area contributed by atoms with Crippen molar-refractivity contribution in [3.8, 4) is 0 Å². The lowest BCUT2D eigenvalue weighted by atomic mass is 10.2. The van der Waals surface area contributed by atoms with Crippen molar-refractivity contribution >= 4 is 33.6 Å². The summed E-state index contributed by atoms with van der Waals surface area (Å²) in [4.78, 5) is 27.2. The topological polar surface area (TPSA) is 40.6 Å². The van der Waals surface area contributed by atoms with Gasteiger partial charge in [-0.3, -0.25) is 4.79 Å². The largest absolute Gasteiger partial charge is 0.332 e. The molecular weight excluding hydrogens is 284 g/mol. The molecular formula is C12H11BrN2O2. The van der Waals surface area contributed by atoms with E-state index >= 15 is 0 Å². The molecule has 1 aromatic carbocycles. The number of amides is 3. The Balaban J connectivity index is 1.96. The highest BCUT2D eigenvalue weighted by molar-refractivity contribution is 9.10. The first-order chi connectivity index (χ1) is 8.18. The number of anilines is 1. The molecule has 0 unspecified atom stereocenters. The molecule has 0 N–H and O–H groups in total. The highest BCUT2D eigenvalue weighted by Gasteiger charge is 2.47. The predicted octanol–water partition coefficient (Wildman–Crippen LogP) is 2.38. The summed E-state index contributed by atoms with van der Waals surface area (Å²) in [7, 11) is 0. The lowest BCUT2D eigenvalue weighted by molar-refractivity contribution is -0.119. The molecule has 0 saturated carbocycles. The fraction of sp³-hybridized carbons (Fsp3) is 0.333. The first-order valence-electron chi connectivity index (χ1n) is 5.58. The van der Waals surface area contributed by atoms with E-state index in [1.165, 1.54) is 4.90 Å². The zero-order valence-corrected chi connectivity index (χ0v) is 10.7. The fourth-order valence-electron chi connectivity index (χ4n) is 2.45. The number of hydrogen-bond acceptors (Lipinski definition) is 2. The standard InChI is InChI=1S/C12H11BrN2O2/c13-8-3-5-9(6-4-8)15-11(16)10-2-1-7-14(10)12(15)17/h3-6,10H,1-2,7H2/t10-/m1/s1. The van der Waals surface area contributed by atoms with Gasteiger partial charge in [-0.1, -0.05) is 15.9 Å². The third-order valence-electron chi connectivity index (χ3n) is 3.28. The molecule has 5 heteroatoms. The van der Waals surface area contributed by atoms with Crippen LogP contribution in [0.15, 0.2) is 28.7 Å². The Labute approximate surface area is 107 Å². The van der Waals surface area contributed by atoms with Crippen molar-refractivity contribution in [1.82, 2.24) is 4.90 Å². The molecule has 0 aromatic heterocycles. The lowest BCUT2D eigenvalue weighted by Crippen LogP contribution is -2.32. The van der Waals surface area contributed by atoms with Crippen LogP contribution in [0.2, 0.25) is 0 Å². The minimum atomic E-state index is -0.230. The predicted molar refractivity (Wildman–Crippen MR) is 66.8 cm³/mol. The van der Waals surface area contributed by atoms with Gasteiger partial charge in [0.05, 0.1) is 5.69 Å². The van der Waals surface area contributed by atoms with E-state index in [9.17, 15) is 9.59 Å². The SMILES string of the molecule is O=C1[C@H]2CCCN2C(=O)N1c1ccc(Br)cc1. The van der Waals surface area contributed by atoms with Gasteiger partial charge in [0.15, 0.2) is 0 Å². The van der Waals surface area contributed by atoms with Crippen molar-refractivity contribution in [2.24, 2.45) is 0 Å². The average Bonchev–Trinajstić information content (AvgIpc) is 2.87. The molecule has 0 radical (unpaired) electrons. The second-order valence-corrected chi connectivity index (χ2v) is 5.20. The summed E-state index contributed by atoms with van der Waals surface area (Å²) in [5.41, 5.74) is 0.651. The van der Waals surface area contributed by atoms with Gasteiger partial charge in [-0.15, -0.1) is 0 Å². The van der Waals surface area contributed by atoms with Crippen molar-refractivity contribution in [3.63, 3.8) is 0 Å². The first-order valence-corrected chi connectivity index (χ1v) is 6.38. The summed E-state index contributed by atoms with van der Waals surface area (Å²) < 4.78 is 0.931. The third-order valence-corrected chi connectivity index (χ3v) is 3.81. The molecule has 2 heterocycles. The Bertz CT molecular complexity index is 464. The van der Waals surface area contributed by atoms with Crippen LogP contribution in [0.5, 0.6) is 0 Å². The second-order valence-electron chi connectivity index (χ2n) is 4.28. The van der Waals surface area contributed by atoms with Gasteiger partial charge < -0.3 is 4.90 Å². The molecule has 1 aromatic rings. The smallest absolute Gasteiger partial charge is 0.312 e. The molecule has 0 aliphatic carbocycles. The van der Waals surface area contributed by atoms with Gasteiger partial charge >= 0.3 is 6.03 Å². The molecule has 2 aliphatic heterocycles. The minimum Gasteiger partial charge on any atom is -0.312 e. The summed E-state index contributed by atoms with van der Waals surface area (Å²) in [5.74, 6) is -0.0881.